The smallest absolute Gasteiger partial charge is 0.199 e. The normalized spacial score (nSPS) is 59.9. The van der Waals surface area contributed by atoms with Crippen molar-refractivity contribution in [3.05, 3.63) is 11.6 Å². The first-order chi connectivity index (χ1) is 21.4. The van der Waals surface area contributed by atoms with E-state index in [2.05, 4.69) is 40.7 Å². The molecule has 0 radical (unpaired) electrons. The van der Waals surface area contributed by atoms with Gasteiger partial charge in [-0.05, 0) is 92.3 Å². The maximum Gasteiger partial charge on any atom is 0.199 e. The van der Waals surface area contributed by atoms with Crippen molar-refractivity contribution in [3.63, 3.8) is 0 Å². The molecule has 3 saturated heterocycles. The Morgan fingerprint density at radius 1 is 0.978 bits per heavy atom. The van der Waals surface area contributed by atoms with Crippen molar-refractivity contribution in [2.24, 2.45) is 44.8 Å². The summed E-state index contributed by atoms with van der Waals surface area (Å²) < 4.78 is 25.8. The number of aliphatic hydroxyl groups excluding tert-OH is 5. The van der Waals surface area contributed by atoms with Crippen LogP contribution in [0, 0.1) is 44.8 Å². The van der Waals surface area contributed by atoms with Crippen LogP contribution in [0.1, 0.15) is 93.4 Å². The second-order valence-corrected chi connectivity index (χ2v) is 18.3. The zero-order valence-corrected chi connectivity index (χ0v) is 28.5. The van der Waals surface area contributed by atoms with Gasteiger partial charge in [0.1, 0.15) is 36.6 Å². The quantitative estimate of drug-likeness (QED) is 0.250. The molecule has 8 rings (SSSR count). The number of hydrogen-bond donors (Lipinski definition) is 6. The first-order valence-electron chi connectivity index (χ1n) is 17.8. The molecule has 46 heavy (non-hydrogen) atoms. The molecule has 8 aliphatic rings. The monoisotopic (exact) mass is 648 g/mol. The number of rotatable bonds is 4. The van der Waals surface area contributed by atoms with Gasteiger partial charge in [-0.2, -0.15) is 0 Å². The molecule has 17 atom stereocenters. The third kappa shape index (κ3) is 3.58. The van der Waals surface area contributed by atoms with Crippen molar-refractivity contribution < 1.29 is 49.6 Å². The first-order valence-corrected chi connectivity index (χ1v) is 17.8. The Labute approximate surface area is 272 Å². The van der Waals surface area contributed by atoms with Crippen LogP contribution in [-0.2, 0) is 18.9 Å². The summed E-state index contributed by atoms with van der Waals surface area (Å²) in [7, 11) is 0. The molecule has 6 N–H and O–H groups in total. The van der Waals surface area contributed by atoms with E-state index >= 15 is 0 Å². The largest absolute Gasteiger partial charge is 0.394 e. The lowest BCUT2D eigenvalue weighted by molar-refractivity contribution is -0.325. The van der Waals surface area contributed by atoms with Gasteiger partial charge in [-0.1, -0.05) is 46.3 Å². The number of allylic oxidation sites excluding steroid dienone is 1. The molecule has 3 heterocycles. The van der Waals surface area contributed by atoms with Crippen LogP contribution < -0.4 is 0 Å². The Hall–Kier alpha value is -0.660. The minimum atomic E-state index is -1.47. The second-order valence-electron chi connectivity index (χ2n) is 18.3. The Bertz CT molecular complexity index is 1310. The van der Waals surface area contributed by atoms with E-state index in [1.54, 1.807) is 13.8 Å². The van der Waals surface area contributed by atoms with Crippen molar-refractivity contribution in [2.45, 2.75) is 160 Å². The third-order valence-electron chi connectivity index (χ3n) is 15.6. The predicted octanol–water partition coefficient (Wildman–Crippen LogP) is 2.40. The van der Waals surface area contributed by atoms with Gasteiger partial charge in [-0.15, -0.1) is 0 Å². The lowest BCUT2D eigenvalue weighted by atomic mass is 9.44. The standard InChI is InChI=1S/C36H56O10/c1-17-14-18-27(31(4,5)42)46-36(45-18)26(17)32(6)12-13-35-16-34(35)11-10-22(44-28-25(40)24(39)23(38)19(15-37)43-28)30(2,3)20(34)8-9-21(35)33(32,7)29(36)41/h9,17-20,22-29,37-42H,8,10-16H2,1-7H3. The maximum atomic E-state index is 12.6. The van der Waals surface area contributed by atoms with Crippen molar-refractivity contribution in [2.75, 3.05) is 6.61 Å². The molecule has 3 spiro atoms. The molecular formula is C36H56O10. The third-order valence-corrected chi connectivity index (χ3v) is 15.6. The molecule has 3 aliphatic heterocycles. The molecule has 0 aromatic rings. The van der Waals surface area contributed by atoms with Crippen LogP contribution in [0.5, 0.6) is 0 Å². The van der Waals surface area contributed by atoms with Crippen LogP contribution in [-0.4, -0.2) is 104 Å². The summed E-state index contributed by atoms with van der Waals surface area (Å²) in [5.41, 5.74) is -0.713. The van der Waals surface area contributed by atoms with E-state index in [9.17, 15) is 30.6 Å². The van der Waals surface area contributed by atoms with Crippen molar-refractivity contribution in [1.29, 1.82) is 0 Å². The number of aliphatic hydroxyl groups is 6. The highest BCUT2D eigenvalue weighted by Crippen LogP contribution is 2.89. The van der Waals surface area contributed by atoms with Gasteiger partial charge in [0.05, 0.1) is 24.4 Å². The molecular weight excluding hydrogens is 592 g/mol. The molecule has 2 bridgehead atoms. The van der Waals surface area contributed by atoms with E-state index in [1.165, 1.54) is 5.57 Å². The van der Waals surface area contributed by atoms with Gasteiger partial charge in [-0.25, -0.2) is 0 Å². The summed E-state index contributed by atoms with van der Waals surface area (Å²) >= 11 is 0. The molecule has 4 saturated carbocycles. The fourth-order valence-electron chi connectivity index (χ4n) is 13.4. The van der Waals surface area contributed by atoms with Crippen LogP contribution in [0.15, 0.2) is 11.6 Å². The van der Waals surface area contributed by atoms with Gasteiger partial charge in [0, 0.05) is 11.3 Å². The molecule has 10 nitrogen and oxygen atoms in total. The lowest BCUT2D eigenvalue weighted by Crippen LogP contribution is -2.61. The van der Waals surface area contributed by atoms with Gasteiger partial charge < -0.3 is 49.6 Å². The molecule has 7 fully saturated rings. The van der Waals surface area contributed by atoms with E-state index in [0.717, 1.165) is 44.9 Å². The highest BCUT2D eigenvalue weighted by Gasteiger charge is 2.86. The van der Waals surface area contributed by atoms with Gasteiger partial charge in [0.2, 0.25) is 0 Å². The fraction of sp³-hybridized carbons (Fsp3) is 0.944. The minimum Gasteiger partial charge on any atom is -0.394 e. The summed E-state index contributed by atoms with van der Waals surface area (Å²) in [5, 5.41) is 64.8. The molecule has 260 valence electrons. The van der Waals surface area contributed by atoms with Gasteiger partial charge >= 0.3 is 0 Å². The van der Waals surface area contributed by atoms with E-state index in [0.29, 0.717) is 5.92 Å². The zero-order chi connectivity index (χ0) is 33.2. The summed E-state index contributed by atoms with van der Waals surface area (Å²) in [4.78, 5) is 0. The number of fused-ring (bicyclic) bond motifs is 4. The van der Waals surface area contributed by atoms with Crippen molar-refractivity contribution >= 4 is 0 Å². The Balaban J connectivity index is 1.12. The summed E-state index contributed by atoms with van der Waals surface area (Å²) in [6, 6.07) is 0. The molecule has 5 aliphatic carbocycles. The Morgan fingerprint density at radius 3 is 2.37 bits per heavy atom. The van der Waals surface area contributed by atoms with Crippen LogP contribution >= 0.6 is 0 Å². The van der Waals surface area contributed by atoms with Crippen LogP contribution in [0.4, 0.5) is 0 Å². The van der Waals surface area contributed by atoms with E-state index in [1.807, 2.05) is 0 Å². The fourth-order valence-corrected chi connectivity index (χ4v) is 13.4. The van der Waals surface area contributed by atoms with Crippen molar-refractivity contribution in [3.8, 4) is 0 Å². The van der Waals surface area contributed by atoms with Crippen LogP contribution in [0.3, 0.4) is 0 Å². The molecule has 10 heteroatoms. The lowest BCUT2D eigenvalue weighted by Gasteiger charge is -2.60. The highest BCUT2D eigenvalue weighted by molar-refractivity contribution is 5.48. The molecule has 0 aromatic heterocycles. The molecule has 17 unspecified atom stereocenters. The van der Waals surface area contributed by atoms with E-state index in [4.69, 9.17) is 18.9 Å². The second kappa shape index (κ2) is 9.56. The predicted molar refractivity (Wildman–Crippen MR) is 165 cm³/mol. The summed E-state index contributed by atoms with van der Waals surface area (Å²) in [6.07, 6.45) is 0.592. The van der Waals surface area contributed by atoms with Crippen molar-refractivity contribution in [1.82, 2.24) is 0 Å². The topological polar surface area (TPSA) is 158 Å². The van der Waals surface area contributed by atoms with E-state index < -0.39 is 66.3 Å². The van der Waals surface area contributed by atoms with Crippen LogP contribution in [0.2, 0.25) is 0 Å². The SMILES string of the molecule is CC1CC2OC3(OC2C(C)(C)O)C1C1(C)CCC24CC25CCC(OC2OC(CO)C(O)C(O)C2O)C(C)(C)C5CC=C4C1(C)C3O. The summed E-state index contributed by atoms with van der Waals surface area (Å²) in [6.45, 7) is 14.5. The van der Waals surface area contributed by atoms with Gasteiger partial charge in [0.25, 0.3) is 0 Å². The number of hydrogen-bond acceptors (Lipinski definition) is 10. The zero-order valence-electron chi connectivity index (χ0n) is 28.5. The van der Waals surface area contributed by atoms with Gasteiger partial charge in [-0.3, -0.25) is 0 Å². The first kappa shape index (κ1) is 32.5. The summed E-state index contributed by atoms with van der Waals surface area (Å²) in [5.74, 6) is -0.548. The molecule has 0 aromatic carbocycles. The molecule has 0 amide bonds. The van der Waals surface area contributed by atoms with Crippen LogP contribution in [0.25, 0.3) is 0 Å². The minimum absolute atomic E-state index is 0.00777. The highest BCUT2D eigenvalue weighted by atomic mass is 16.8. The Kier molecular flexibility index (Phi) is 6.76. The maximum absolute atomic E-state index is 12.6. The average Bonchev–Trinajstić information content (AvgIpc) is 3.50. The average molecular weight is 649 g/mol. The van der Waals surface area contributed by atoms with E-state index in [-0.39, 0.29) is 45.7 Å². The number of ether oxygens (including phenoxy) is 4. The Morgan fingerprint density at radius 2 is 1.70 bits per heavy atom. The van der Waals surface area contributed by atoms with Gasteiger partial charge in [0.15, 0.2) is 12.1 Å².